The molecule has 216 valence electrons. The minimum Gasteiger partial charge on any atom is -0.481 e. The van der Waals surface area contributed by atoms with Gasteiger partial charge in [-0.05, 0) is 45.1 Å². The maximum Gasteiger partial charge on any atom is 0.326 e. The molecular formula is C21H39N9O8. The third-order valence-electron chi connectivity index (χ3n) is 5.18. The van der Waals surface area contributed by atoms with E-state index in [0.717, 1.165) is 0 Å². The average molecular weight is 546 g/mol. The highest BCUT2D eigenvalue weighted by atomic mass is 16.4. The second-order valence-electron chi connectivity index (χ2n) is 8.46. The number of carbonyl (C=O) groups is 6. The minimum absolute atomic E-state index is 0.0432. The second-order valence-corrected chi connectivity index (χ2v) is 8.46. The van der Waals surface area contributed by atoms with Crippen LogP contribution in [0.1, 0.15) is 51.4 Å². The van der Waals surface area contributed by atoms with E-state index in [1.807, 2.05) is 0 Å². The molecule has 17 nitrogen and oxygen atoms in total. The Morgan fingerprint density at radius 2 is 1.32 bits per heavy atom. The van der Waals surface area contributed by atoms with Gasteiger partial charge in [-0.25, -0.2) is 4.79 Å². The first-order chi connectivity index (χ1) is 17.8. The smallest absolute Gasteiger partial charge is 0.326 e. The van der Waals surface area contributed by atoms with E-state index in [9.17, 15) is 33.9 Å². The number of hydrogen-bond donors (Lipinski definition) is 10. The Kier molecular flexibility index (Phi) is 16.4. The summed E-state index contributed by atoms with van der Waals surface area (Å²) in [4.78, 5) is 75.8. The van der Waals surface area contributed by atoms with Gasteiger partial charge in [-0.1, -0.05) is 0 Å². The summed E-state index contributed by atoms with van der Waals surface area (Å²) in [7, 11) is 0. The number of carboxylic acids is 2. The van der Waals surface area contributed by atoms with Crippen LogP contribution < -0.4 is 44.6 Å². The van der Waals surface area contributed by atoms with Crippen molar-refractivity contribution >= 4 is 41.5 Å². The van der Waals surface area contributed by atoms with Crippen molar-refractivity contribution in [2.45, 2.75) is 75.5 Å². The topological polar surface area (TPSA) is 321 Å². The van der Waals surface area contributed by atoms with Gasteiger partial charge in [0, 0.05) is 13.0 Å². The maximum atomic E-state index is 12.9. The molecule has 4 unspecified atom stereocenters. The van der Waals surface area contributed by atoms with Crippen LogP contribution in [0.4, 0.5) is 0 Å². The number of primary amides is 1. The lowest BCUT2D eigenvalue weighted by atomic mass is 10.0. The number of aliphatic carboxylic acids is 2. The van der Waals surface area contributed by atoms with Crippen LogP contribution in [0.2, 0.25) is 0 Å². The third-order valence-corrected chi connectivity index (χ3v) is 5.18. The Balaban J connectivity index is 5.47. The number of nitrogens with two attached hydrogens (primary N) is 5. The summed E-state index contributed by atoms with van der Waals surface area (Å²) < 4.78 is 0. The standard InChI is InChI=1S/C21H39N9O8/c22-8-2-1-5-12(18(35)29-13(20(37)38)6-7-16(32)33)28-19(36)14(10-15(24)31)30-17(34)11(23)4-3-9-27-21(25)26/h11-14H,1-10,22-23H2,(H2,24,31)(H,28,36)(H,29,35)(H,30,34)(H,32,33)(H,37,38)(H4,25,26,27). The summed E-state index contributed by atoms with van der Waals surface area (Å²) in [6.07, 6.45) is -0.0960. The summed E-state index contributed by atoms with van der Waals surface area (Å²) in [5, 5.41) is 25.0. The van der Waals surface area contributed by atoms with Crippen LogP contribution in [0, 0.1) is 0 Å². The Bertz CT molecular complexity index is 864. The Labute approximate surface area is 219 Å². The normalized spacial score (nSPS) is 13.7. The first-order valence-corrected chi connectivity index (χ1v) is 11.9. The van der Waals surface area contributed by atoms with E-state index in [1.54, 1.807) is 0 Å². The van der Waals surface area contributed by atoms with Crippen molar-refractivity contribution in [2.75, 3.05) is 13.1 Å². The number of guanidine groups is 1. The first kappa shape index (κ1) is 34.0. The van der Waals surface area contributed by atoms with Gasteiger partial charge in [-0.2, -0.15) is 0 Å². The van der Waals surface area contributed by atoms with Crippen LogP contribution in [0.3, 0.4) is 0 Å². The van der Waals surface area contributed by atoms with Crippen LogP contribution in [-0.2, 0) is 28.8 Å². The molecule has 0 aliphatic rings. The lowest BCUT2D eigenvalue weighted by molar-refractivity contribution is -0.143. The van der Waals surface area contributed by atoms with Crippen LogP contribution in [-0.4, -0.2) is 89.0 Å². The fourth-order valence-electron chi connectivity index (χ4n) is 3.17. The molecule has 15 N–H and O–H groups in total. The van der Waals surface area contributed by atoms with E-state index in [-0.39, 0.29) is 31.8 Å². The number of hydrogen-bond acceptors (Lipinski definition) is 9. The molecule has 0 aliphatic heterocycles. The molecular weight excluding hydrogens is 506 g/mol. The van der Waals surface area contributed by atoms with Crippen LogP contribution in [0.15, 0.2) is 4.99 Å². The van der Waals surface area contributed by atoms with Crippen molar-refractivity contribution in [3.8, 4) is 0 Å². The Morgan fingerprint density at radius 1 is 0.737 bits per heavy atom. The number of amides is 4. The number of unbranched alkanes of at least 4 members (excludes halogenated alkanes) is 1. The van der Waals surface area contributed by atoms with Crippen molar-refractivity contribution in [1.29, 1.82) is 0 Å². The maximum absolute atomic E-state index is 12.9. The molecule has 17 heteroatoms. The highest BCUT2D eigenvalue weighted by molar-refractivity contribution is 5.96. The molecule has 4 amide bonds. The molecule has 0 heterocycles. The molecule has 0 aliphatic carbocycles. The van der Waals surface area contributed by atoms with E-state index in [2.05, 4.69) is 20.9 Å². The number of carboxylic acid groups (broad SMARTS) is 2. The molecule has 4 atom stereocenters. The number of carbonyl (C=O) groups excluding carboxylic acids is 4. The van der Waals surface area contributed by atoms with E-state index in [1.165, 1.54) is 0 Å². The lowest BCUT2D eigenvalue weighted by Crippen LogP contribution is -2.57. The van der Waals surface area contributed by atoms with Crippen molar-refractivity contribution in [2.24, 2.45) is 33.7 Å². The number of nitrogens with one attached hydrogen (secondary N) is 3. The third kappa shape index (κ3) is 15.2. The molecule has 0 radical (unpaired) electrons. The molecule has 0 rings (SSSR count). The van der Waals surface area contributed by atoms with Gasteiger partial charge in [0.1, 0.15) is 18.1 Å². The van der Waals surface area contributed by atoms with Crippen LogP contribution in [0.25, 0.3) is 0 Å². The second kappa shape index (κ2) is 18.3. The van der Waals surface area contributed by atoms with Crippen molar-refractivity contribution in [3.05, 3.63) is 0 Å². The van der Waals surface area contributed by atoms with Crippen LogP contribution >= 0.6 is 0 Å². The number of nitrogens with zero attached hydrogens (tertiary/aromatic N) is 1. The summed E-state index contributed by atoms with van der Waals surface area (Å²) in [5.74, 6) is -6.35. The molecule has 0 aromatic heterocycles. The van der Waals surface area contributed by atoms with Gasteiger partial charge < -0.3 is 54.8 Å². The van der Waals surface area contributed by atoms with Gasteiger partial charge in [0.15, 0.2) is 5.96 Å². The number of aliphatic imine (C=N–C) groups is 1. The van der Waals surface area contributed by atoms with Gasteiger partial charge in [-0.3, -0.25) is 29.0 Å². The molecule has 0 bridgehead atoms. The largest absolute Gasteiger partial charge is 0.481 e. The zero-order valence-electron chi connectivity index (χ0n) is 21.1. The summed E-state index contributed by atoms with van der Waals surface area (Å²) in [6.45, 7) is 0.512. The fraction of sp³-hybridized carbons (Fsp3) is 0.667. The fourth-order valence-corrected chi connectivity index (χ4v) is 3.17. The van der Waals surface area contributed by atoms with Gasteiger partial charge in [-0.15, -0.1) is 0 Å². The highest BCUT2D eigenvalue weighted by Crippen LogP contribution is 2.06. The predicted molar refractivity (Wildman–Crippen MR) is 135 cm³/mol. The number of rotatable bonds is 20. The Hall–Kier alpha value is -3.99. The molecule has 0 aromatic carbocycles. The van der Waals surface area contributed by atoms with Gasteiger partial charge in [0.2, 0.25) is 23.6 Å². The lowest BCUT2D eigenvalue weighted by Gasteiger charge is -2.25. The highest BCUT2D eigenvalue weighted by Gasteiger charge is 2.31. The molecule has 0 aromatic rings. The Morgan fingerprint density at radius 3 is 1.84 bits per heavy atom. The van der Waals surface area contributed by atoms with Crippen molar-refractivity contribution < 1.29 is 39.0 Å². The van der Waals surface area contributed by atoms with E-state index in [0.29, 0.717) is 25.8 Å². The predicted octanol–water partition coefficient (Wildman–Crippen LogP) is -4.22. The SMILES string of the molecule is NCCCCC(NC(=O)C(CC(N)=O)NC(=O)C(N)CCCN=C(N)N)C(=O)NC(CCC(=O)O)C(=O)O. The van der Waals surface area contributed by atoms with E-state index >= 15 is 0 Å². The van der Waals surface area contributed by atoms with E-state index in [4.69, 9.17) is 33.8 Å². The average Bonchev–Trinajstić information content (AvgIpc) is 2.82. The van der Waals surface area contributed by atoms with E-state index < -0.39 is 72.6 Å². The van der Waals surface area contributed by atoms with Crippen molar-refractivity contribution in [3.63, 3.8) is 0 Å². The minimum atomic E-state index is -1.52. The van der Waals surface area contributed by atoms with Crippen LogP contribution in [0.5, 0.6) is 0 Å². The monoisotopic (exact) mass is 545 g/mol. The zero-order chi connectivity index (χ0) is 29.3. The van der Waals surface area contributed by atoms with Gasteiger partial charge in [0.25, 0.3) is 0 Å². The molecule has 0 fully saturated rings. The van der Waals surface area contributed by atoms with Gasteiger partial charge in [0.05, 0.1) is 12.5 Å². The van der Waals surface area contributed by atoms with Crippen molar-refractivity contribution in [1.82, 2.24) is 16.0 Å². The van der Waals surface area contributed by atoms with Gasteiger partial charge >= 0.3 is 11.9 Å². The molecule has 0 saturated carbocycles. The zero-order valence-corrected chi connectivity index (χ0v) is 21.1. The quantitative estimate of drug-likeness (QED) is 0.0395. The summed E-state index contributed by atoms with van der Waals surface area (Å²) in [5.41, 5.74) is 27.0. The summed E-state index contributed by atoms with van der Waals surface area (Å²) in [6, 6.07) is -5.34. The molecule has 38 heavy (non-hydrogen) atoms. The first-order valence-electron chi connectivity index (χ1n) is 11.9. The molecule has 0 spiro atoms. The summed E-state index contributed by atoms with van der Waals surface area (Å²) >= 11 is 0. The molecule has 0 saturated heterocycles.